The summed E-state index contributed by atoms with van der Waals surface area (Å²) in [5.74, 6) is -0.598. The number of thioether (sulfide) groups is 1. The molecule has 9 heteroatoms. The Labute approximate surface area is 165 Å². The summed E-state index contributed by atoms with van der Waals surface area (Å²) < 4.78 is 24.0. The fourth-order valence-corrected chi connectivity index (χ4v) is 3.57. The molecule has 2 aromatic carbocycles. The monoisotopic (exact) mass is 406 g/mol. The number of carbonyl (C=O) groups excluding carboxylic acids is 1. The lowest BCUT2D eigenvalue weighted by Crippen LogP contribution is -2.36. The van der Waals surface area contributed by atoms with Gasteiger partial charge in [0.2, 0.25) is 0 Å². The first-order chi connectivity index (χ1) is 13.6. The number of nitrogens with zero attached hydrogens (tertiary/aromatic N) is 2. The van der Waals surface area contributed by atoms with Crippen molar-refractivity contribution in [1.82, 2.24) is 0 Å². The predicted octanol–water partition coefficient (Wildman–Crippen LogP) is 3.52. The van der Waals surface area contributed by atoms with Crippen LogP contribution in [0.25, 0.3) is 0 Å². The molecule has 0 amide bonds. The quantitative estimate of drug-likeness (QED) is 0.229. The van der Waals surface area contributed by atoms with Gasteiger partial charge in [0.15, 0.2) is 0 Å². The molecule has 0 radical (unpaired) electrons. The number of anilines is 1. The maximum atomic E-state index is 13.5. The van der Waals surface area contributed by atoms with E-state index in [0.29, 0.717) is 42.6 Å². The first kappa shape index (κ1) is 20.1. The molecule has 0 spiro atoms. The Morgan fingerprint density at radius 2 is 2.00 bits per heavy atom. The molecular weight excluding hydrogens is 387 g/mol. The third-order valence-corrected chi connectivity index (χ3v) is 5.18. The molecule has 1 saturated heterocycles. The predicted molar refractivity (Wildman–Crippen MR) is 104 cm³/mol. The summed E-state index contributed by atoms with van der Waals surface area (Å²) in [5, 5.41) is 11.4. The van der Waals surface area contributed by atoms with Crippen LogP contribution in [0.1, 0.15) is 10.4 Å². The number of rotatable bonds is 7. The number of morpholine rings is 1. The van der Waals surface area contributed by atoms with E-state index < -0.39 is 10.9 Å². The van der Waals surface area contributed by atoms with E-state index in [-0.39, 0.29) is 23.7 Å². The maximum absolute atomic E-state index is 13.5. The minimum Gasteiger partial charge on any atom is -0.461 e. The van der Waals surface area contributed by atoms with E-state index in [1.165, 1.54) is 30.0 Å². The van der Waals surface area contributed by atoms with Crippen molar-refractivity contribution in [2.45, 2.75) is 4.90 Å². The molecule has 0 aromatic heterocycles. The molecule has 0 atom stereocenters. The van der Waals surface area contributed by atoms with Crippen molar-refractivity contribution in [2.24, 2.45) is 0 Å². The molecule has 0 aliphatic carbocycles. The number of nitro benzene ring substituents is 1. The normalized spacial score (nSPS) is 14.0. The second-order valence-electron chi connectivity index (χ2n) is 5.97. The van der Waals surface area contributed by atoms with Gasteiger partial charge in [-0.1, -0.05) is 12.1 Å². The molecule has 1 aliphatic rings. The molecule has 1 heterocycles. The molecule has 0 N–H and O–H groups in total. The summed E-state index contributed by atoms with van der Waals surface area (Å²) in [4.78, 5) is 25.5. The summed E-state index contributed by atoms with van der Waals surface area (Å²) in [5.41, 5.74) is 0.427. The fraction of sp³-hybridized carbons (Fsp3) is 0.316. The summed E-state index contributed by atoms with van der Waals surface area (Å²) >= 11 is 1.23. The van der Waals surface area contributed by atoms with E-state index in [4.69, 9.17) is 9.47 Å². The van der Waals surface area contributed by atoms with Gasteiger partial charge < -0.3 is 14.4 Å². The van der Waals surface area contributed by atoms with Gasteiger partial charge in [0.25, 0.3) is 5.69 Å². The molecule has 3 rings (SSSR count). The molecule has 7 nitrogen and oxygen atoms in total. The third kappa shape index (κ3) is 4.99. The topological polar surface area (TPSA) is 81.9 Å². The van der Waals surface area contributed by atoms with Gasteiger partial charge in [-0.05, 0) is 24.3 Å². The van der Waals surface area contributed by atoms with Crippen LogP contribution in [0.2, 0.25) is 0 Å². The van der Waals surface area contributed by atoms with Gasteiger partial charge >= 0.3 is 5.97 Å². The highest BCUT2D eigenvalue weighted by atomic mass is 32.2. The van der Waals surface area contributed by atoms with Gasteiger partial charge in [-0.25, -0.2) is 9.18 Å². The molecule has 1 aliphatic heterocycles. The van der Waals surface area contributed by atoms with E-state index in [2.05, 4.69) is 0 Å². The van der Waals surface area contributed by atoms with Gasteiger partial charge in [-0.2, -0.15) is 0 Å². The van der Waals surface area contributed by atoms with Gasteiger partial charge in [0.1, 0.15) is 18.1 Å². The van der Waals surface area contributed by atoms with Crippen molar-refractivity contribution >= 4 is 29.1 Å². The third-order valence-electron chi connectivity index (χ3n) is 4.17. The highest BCUT2D eigenvalue weighted by Gasteiger charge is 2.23. The number of carbonyl (C=O) groups is 1. The Balaban J connectivity index is 1.60. The van der Waals surface area contributed by atoms with Crippen molar-refractivity contribution in [3.8, 4) is 0 Å². The number of halogens is 1. The average Bonchev–Trinajstić information content (AvgIpc) is 2.72. The van der Waals surface area contributed by atoms with E-state index in [0.717, 1.165) is 0 Å². The van der Waals surface area contributed by atoms with Crippen LogP contribution in [-0.4, -0.2) is 49.6 Å². The van der Waals surface area contributed by atoms with Crippen molar-refractivity contribution < 1.29 is 23.6 Å². The Hall–Kier alpha value is -2.65. The van der Waals surface area contributed by atoms with Gasteiger partial charge in [0, 0.05) is 29.8 Å². The molecule has 0 saturated carbocycles. The van der Waals surface area contributed by atoms with Crippen LogP contribution >= 0.6 is 11.8 Å². The second-order valence-corrected chi connectivity index (χ2v) is 7.11. The molecule has 0 bridgehead atoms. The van der Waals surface area contributed by atoms with Crippen LogP contribution in [0.15, 0.2) is 47.4 Å². The molecule has 0 unspecified atom stereocenters. The summed E-state index contributed by atoms with van der Waals surface area (Å²) in [7, 11) is 0. The number of ether oxygens (including phenoxy) is 2. The van der Waals surface area contributed by atoms with Crippen molar-refractivity contribution in [2.75, 3.05) is 43.6 Å². The molecule has 28 heavy (non-hydrogen) atoms. The maximum Gasteiger partial charge on any atom is 0.338 e. The summed E-state index contributed by atoms with van der Waals surface area (Å²) in [6, 6.07) is 10.7. The SMILES string of the molecule is O=C(OCCSc1ccccc1F)c1ccc(N2CCOCC2)c([N+](=O)[O-])c1. The lowest BCUT2D eigenvalue weighted by atomic mass is 10.1. The highest BCUT2D eigenvalue weighted by Crippen LogP contribution is 2.30. The lowest BCUT2D eigenvalue weighted by Gasteiger charge is -2.28. The number of esters is 1. The largest absolute Gasteiger partial charge is 0.461 e. The number of benzene rings is 2. The van der Waals surface area contributed by atoms with Gasteiger partial charge in [-0.15, -0.1) is 11.8 Å². The number of hydrogen-bond acceptors (Lipinski definition) is 7. The Kier molecular flexibility index (Phi) is 6.83. The summed E-state index contributed by atoms with van der Waals surface area (Å²) in [6.45, 7) is 2.17. The highest BCUT2D eigenvalue weighted by molar-refractivity contribution is 7.99. The van der Waals surface area contributed by atoms with Crippen molar-refractivity contribution in [3.05, 3.63) is 64.0 Å². The fourth-order valence-electron chi connectivity index (χ4n) is 2.80. The number of hydrogen-bond donors (Lipinski definition) is 0. The summed E-state index contributed by atoms with van der Waals surface area (Å²) in [6.07, 6.45) is 0. The zero-order valence-electron chi connectivity index (χ0n) is 15.0. The van der Waals surface area contributed by atoms with Crippen LogP contribution in [-0.2, 0) is 9.47 Å². The van der Waals surface area contributed by atoms with Crippen molar-refractivity contribution in [3.63, 3.8) is 0 Å². The van der Waals surface area contributed by atoms with Gasteiger partial charge in [0.05, 0.1) is 23.7 Å². The van der Waals surface area contributed by atoms with Crippen LogP contribution in [0.5, 0.6) is 0 Å². The zero-order chi connectivity index (χ0) is 19.9. The minimum absolute atomic E-state index is 0.0663. The zero-order valence-corrected chi connectivity index (χ0v) is 15.8. The van der Waals surface area contributed by atoms with Crippen LogP contribution < -0.4 is 4.90 Å². The Bertz CT molecular complexity index is 858. The van der Waals surface area contributed by atoms with E-state index in [9.17, 15) is 19.3 Å². The minimum atomic E-state index is -0.647. The smallest absolute Gasteiger partial charge is 0.338 e. The van der Waals surface area contributed by atoms with E-state index in [1.54, 1.807) is 24.3 Å². The van der Waals surface area contributed by atoms with Crippen LogP contribution in [0, 0.1) is 15.9 Å². The Morgan fingerprint density at radius 3 is 2.71 bits per heavy atom. The van der Waals surface area contributed by atoms with E-state index in [1.807, 2.05) is 4.90 Å². The molecule has 2 aromatic rings. The Morgan fingerprint density at radius 1 is 1.25 bits per heavy atom. The first-order valence-electron chi connectivity index (χ1n) is 8.72. The van der Waals surface area contributed by atoms with E-state index >= 15 is 0 Å². The standard InChI is InChI=1S/C19H19FN2O5S/c20-15-3-1-2-4-18(15)28-12-11-27-19(23)14-5-6-16(17(13-14)22(24)25)21-7-9-26-10-8-21/h1-6,13H,7-12H2. The molecular formula is C19H19FN2O5S. The van der Waals surface area contributed by atoms with Crippen LogP contribution in [0.4, 0.5) is 15.8 Å². The van der Waals surface area contributed by atoms with Crippen LogP contribution in [0.3, 0.4) is 0 Å². The van der Waals surface area contributed by atoms with Gasteiger partial charge in [-0.3, -0.25) is 10.1 Å². The first-order valence-corrected chi connectivity index (χ1v) is 9.70. The lowest BCUT2D eigenvalue weighted by molar-refractivity contribution is -0.384. The average molecular weight is 406 g/mol. The molecule has 148 valence electrons. The van der Waals surface area contributed by atoms with Crippen molar-refractivity contribution in [1.29, 1.82) is 0 Å². The number of nitro groups is 1. The second kappa shape index (κ2) is 9.52. The molecule has 1 fully saturated rings.